The number of hydrogen-bond donors (Lipinski definition) is 0. The highest BCUT2D eigenvalue weighted by Crippen LogP contribution is 2.43. The molecule has 3 aliphatic rings. The molecule has 0 aliphatic heterocycles. The third-order valence-corrected chi connectivity index (χ3v) is 9.53. The summed E-state index contributed by atoms with van der Waals surface area (Å²) in [5, 5.41) is 0. The van der Waals surface area contributed by atoms with E-state index in [1.54, 1.807) is 6.08 Å². The molecule has 6 nitrogen and oxygen atoms in total. The van der Waals surface area contributed by atoms with E-state index < -0.39 is 12.3 Å². The van der Waals surface area contributed by atoms with Gasteiger partial charge in [-0.3, -0.25) is 4.79 Å². The lowest BCUT2D eigenvalue weighted by Gasteiger charge is -2.38. The molecule has 0 spiro atoms. The van der Waals surface area contributed by atoms with Crippen molar-refractivity contribution in [2.75, 3.05) is 19.8 Å². The first-order chi connectivity index (χ1) is 19.5. The van der Waals surface area contributed by atoms with Crippen molar-refractivity contribution >= 4 is 11.9 Å². The first kappa shape index (κ1) is 32.8. The van der Waals surface area contributed by atoms with E-state index in [0.717, 1.165) is 76.0 Å². The van der Waals surface area contributed by atoms with E-state index in [9.17, 15) is 14.0 Å². The normalized spacial score (nSPS) is 30.8. The highest BCUT2D eigenvalue weighted by atomic mass is 19.1. The zero-order chi connectivity index (χ0) is 28.6. The van der Waals surface area contributed by atoms with Crippen LogP contribution >= 0.6 is 0 Å². The molecule has 0 aromatic carbocycles. The number of rotatable bonds is 17. The Morgan fingerprint density at radius 1 is 0.750 bits per heavy atom. The minimum absolute atomic E-state index is 0.0592. The maximum Gasteiger partial charge on any atom is 0.330 e. The van der Waals surface area contributed by atoms with Gasteiger partial charge in [0.1, 0.15) is 18.9 Å². The van der Waals surface area contributed by atoms with Crippen LogP contribution in [0.1, 0.15) is 109 Å². The number of ether oxygens (including phenoxy) is 2. The second kappa shape index (κ2) is 18.7. The maximum absolute atomic E-state index is 14.9. The van der Waals surface area contributed by atoms with Crippen LogP contribution in [-0.4, -0.2) is 44.0 Å². The van der Waals surface area contributed by atoms with Crippen molar-refractivity contribution in [3.8, 4) is 0 Å². The van der Waals surface area contributed by atoms with Gasteiger partial charge in [0.05, 0.1) is 19.1 Å². The van der Waals surface area contributed by atoms with E-state index in [2.05, 4.69) is 13.2 Å². The summed E-state index contributed by atoms with van der Waals surface area (Å²) < 4.78 is 25.7. The van der Waals surface area contributed by atoms with E-state index in [1.807, 2.05) is 0 Å². The van der Waals surface area contributed by atoms with Crippen LogP contribution < -0.4 is 0 Å². The van der Waals surface area contributed by atoms with Gasteiger partial charge in [-0.25, -0.2) is 19.0 Å². The van der Waals surface area contributed by atoms with E-state index in [1.165, 1.54) is 38.2 Å². The second-order valence-electron chi connectivity index (χ2n) is 12.3. The monoisotopic (exact) mass is 564 g/mol. The van der Waals surface area contributed by atoms with Gasteiger partial charge in [-0.1, -0.05) is 44.8 Å². The lowest BCUT2D eigenvalue weighted by atomic mass is 9.68. The fourth-order valence-electron chi connectivity index (χ4n) is 7.10. The summed E-state index contributed by atoms with van der Waals surface area (Å²) in [5.41, 5.74) is 0. The molecule has 0 N–H and O–H groups in total. The Morgan fingerprint density at radius 3 is 2.02 bits per heavy atom. The van der Waals surface area contributed by atoms with Crippen LogP contribution in [0.4, 0.5) is 4.39 Å². The summed E-state index contributed by atoms with van der Waals surface area (Å²) in [5.74, 6) is 2.08. The molecule has 3 aliphatic carbocycles. The quantitative estimate of drug-likeness (QED) is 0.0447. The Morgan fingerprint density at radius 2 is 1.38 bits per heavy atom. The standard InChI is InChI=1S/C33H53FO6/c1-3-21-38-39-23-8-6-10-26-13-20-31(30(34)24-26)40-33(36)29-18-16-28(17-19-29)27-14-11-25(12-15-27)9-5-7-22-37-32(35)4-2/h3-4,25-31H,1-2,5-24H2. The summed E-state index contributed by atoms with van der Waals surface area (Å²) in [6, 6.07) is 0. The predicted molar refractivity (Wildman–Crippen MR) is 154 cm³/mol. The molecule has 0 radical (unpaired) electrons. The molecule has 228 valence electrons. The summed E-state index contributed by atoms with van der Waals surface area (Å²) in [7, 11) is 0. The summed E-state index contributed by atoms with van der Waals surface area (Å²) >= 11 is 0. The molecule has 0 bridgehead atoms. The van der Waals surface area contributed by atoms with Gasteiger partial charge in [0.15, 0.2) is 0 Å². The molecular formula is C33H53FO6. The predicted octanol–water partition coefficient (Wildman–Crippen LogP) is 7.85. The second-order valence-corrected chi connectivity index (χ2v) is 12.3. The summed E-state index contributed by atoms with van der Waals surface area (Å²) in [6.45, 7) is 8.40. The van der Waals surface area contributed by atoms with Gasteiger partial charge in [0.2, 0.25) is 0 Å². The molecule has 0 aromatic rings. The number of carbonyl (C=O) groups excluding carboxylic acids is 2. The Bertz CT molecular complexity index is 756. The number of carbonyl (C=O) groups is 2. The Kier molecular flexibility index (Phi) is 15.3. The van der Waals surface area contributed by atoms with E-state index in [0.29, 0.717) is 44.5 Å². The average Bonchev–Trinajstić information content (AvgIpc) is 2.98. The van der Waals surface area contributed by atoms with E-state index >= 15 is 0 Å². The Labute approximate surface area is 241 Å². The maximum atomic E-state index is 14.9. The summed E-state index contributed by atoms with van der Waals surface area (Å²) in [4.78, 5) is 34.0. The SMILES string of the molecule is C=CCOOCCCCC1CCC(OC(=O)C2CCC(C3CCC(CCCCOC(=O)C=C)CC3)CC2)C(F)C1. The first-order valence-corrected chi connectivity index (χ1v) is 16.0. The molecular weight excluding hydrogens is 511 g/mol. The van der Waals surface area contributed by atoms with Crippen LogP contribution in [-0.2, 0) is 28.8 Å². The Hall–Kier alpha value is -1.73. The number of esters is 2. The van der Waals surface area contributed by atoms with Crippen molar-refractivity contribution < 1.29 is 33.2 Å². The van der Waals surface area contributed by atoms with Gasteiger partial charge < -0.3 is 9.47 Å². The fraction of sp³-hybridized carbons (Fsp3) is 0.818. The van der Waals surface area contributed by atoms with Crippen LogP contribution in [0, 0.1) is 29.6 Å². The highest BCUT2D eigenvalue weighted by molar-refractivity contribution is 5.81. The van der Waals surface area contributed by atoms with E-state index in [4.69, 9.17) is 19.2 Å². The number of alkyl halides is 1. The number of unbranched alkanes of at least 4 members (excludes halogenated alkanes) is 2. The van der Waals surface area contributed by atoms with Crippen LogP contribution in [0.25, 0.3) is 0 Å². The van der Waals surface area contributed by atoms with Gasteiger partial charge >= 0.3 is 11.9 Å². The summed E-state index contributed by atoms with van der Waals surface area (Å²) in [6.07, 6.45) is 18.5. The molecule has 3 unspecified atom stereocenters. The third kappa shape index (κ3) is 11.6. The molecule has 3 rings (SSSR count). The van der Waals surface area contributed by atoms with Crippen LogP contribution in [0.2, 0.25) is 0 Å². The topological polar surface area (TPSA) is 71.1 Å². The smallest absolute Gasteiger partial charge is 0.330 e. The van der Waals surface area contributed by atoms with Crippen molar-refractivity contribution in [3.05, 3.63) is 25.3 Å². The van der Waals surface area contributed by atoms with Gasteiger partial charge in [0.25, 0.3) is 0 Å². The fourth-order valence-corrected chi connectivity index (χ4v) is 7.10. The van der Waals surface area contributed by atoms with Gasteiger partial charge in [-0.2, -0.15) is 0 Å². The molecule has 7 heteroatoms. The first-order valence-electron chi connectivity index (χ1n) is 16.0. The molecule has 0 aromatic heterocycles. The van der Waals surface area contributed by atoms with Gasteiger partial charge in [0, 0.05) is 6.08 Å². The van der Waals surface area contributed by atoms with Crippen molar-refractivity contribution in [3.63, 3.8) is 0 Å². The molecule has 0 saturated heterocycles. The molecule has 3 saturated carbocycles. The zero-order valence-electron chi connectivity index (χ0n) is 24.6. The number of hydrogen-bond acceptors (Lipinski definition) is 6. The van der Waals surface area contributed by atoms with Crippen molar-refractivity contribution in [1.29, 1.82) is 0 Å². The molecule has 3 fully saturated rings. The molecule has 0 heterocycles. The van der Waals surface area contributed by atoms with E-state index in [-0.39, 0.29) is 17.9 Å². The molecule has 3 atom stereocenters. The van der Waals surface area contributed by atoms with Crippen molar-refractivity contribution in [2.24, 2.45) is 29.6 Å². The van der Waals surface area contributed by atoms with Crippen LogP contribution in [0.5, 0.6) is 0 Å². The lowest BCUT2D eigenvalue weighted by molar-refractivity contribution is -0.286. The highest BCUT2D eigenvalue weighted by Gasteiger charge is 2.37. The van der Waals surface area contributed by atoms with Crippen LogP contribution in [0.3, 0.4) is 0 Å². The number of halogens is 1. The minimum atomic E-state index is -1.05. The molecule has 40 heavy (non-hydrogen) atoms. The Balaban J connectivity index is 1.24. The lowest BCUT2D eigenvalue weighted by Crippen LogP contribution is -2.37. The molecule has 0 amide bonds. The average molecular weight is 565 g/mol. The zero-order valence-corrected chi connectivity index (χ0v) is 24.6. The third-order valence-electron chi connectivity index (χ3n) is 9.53. The largest absolute Gasteiger partial charge is 0.463 e. The van der Waals surface area contributed by atoms with Crippen LogP contribution in [0.15, 0.2) is 25.3 Å². The van der Waals surface area contributed by atoms with Gasteiger partial charge in [-0.05, 0) is 101 Å². The minimum Gasteiger partial charge on any atom is -0.463 e. The van der Waals surface area contributed by atoms with Crippen molar-refractivity contribution in [2.45, 2.75) is 121 Å². The van der Waals surface area contributed by atoms with Gasteiger partial charge in [-0.15, -0.1) is 6.58 Å². The van der Waals surface area contributed by atoms with Crippen molar-refractivity contribution in [1.82, 2.24) is 0 Å².